The summed E-state index contributed by atoms with van der Waals surface area (Å²) in [7, 11) is 1.27. The average molecular weight is 448 g/mol. The summed E-state index contributed by atoms with van der Waals surface area (Å²) >= 11 is 0. The van der Waals surface area contributed by atoms with Crippen LogP contribution in [0.3, 0.4) is 0 Å². The first-order valence-electron chi connectivity index (χ1n) is 10.2. The van der Waals surface area contributed by atoms with Crippen molar-refractivity contribution >= 4 is 17.7 Å². The number of alkyl carbamates (subject to hydrolysis) is 1. The highest BCUT2D eigenvalue weighted by Gasteiger charge is 2.25. The van der Waals surface area contributed by atoms with Crippen LogP contribution in [0, 0.1) is 5.82 Å². The van der Waals surface area contributed by atoms with Gasteiger partial charge in [-0.05, 0) is 30.7 Å². The van der Waals surface area contributed by atoms with Crippen LogP contribution in [0.4, 0.5) is 9.18 Å². The van der Waals surface area contributed by atoms with Gasteiger partial charge in [0.15, 0.2) is 0 Å². The molecule has 1 aromatic carbocycles. The van der Waals surface area contributed by atoms with Crippen molar-refractivity contribution in [2.24, 2.45) is 0 Å². The Kier molecular flexibility index (Phi) is 6.30. The van der Waals surface area contributed by atoms with E-state index in [0.29, 0.717) is 22.6 Å². The molecule has 0 saturated heterocycles. The Balaban J connectivity index is 1.71. The van der Waals surface area contributed by atoms with Crippen molar-refractivity contribution in [3.8, 4) is 11.3 Å². The minimum atomic E-state index is -0.639. The molecule has 0 aliphatic heterocycles. The molecule has 4 rings (SSSR count). The van der Waals surface area contributed by atoms with Gasteiger partial charge in [-0.25, -0.2) is 19.0 Å². The Labute approximate surface area is 189 Å². The van der Waals surface area contributed by atoms with Crippen LogP contribution in [-0.4, -0.2) is 33.5 Å². The number of fused-ring (bicyclic) bond motifs is 1. The second-order valence-electron chi connectivity index (χ2n) is 7.26. The van der Waals surface area contributed by atoms with Gasteiger partial charge in [0.05, 0.1) is 30.7 Å². The number of pyridine rings is 2. The Morgan fingerprint density at radius 1 is 1.12 bits per heavy atom. The summed E-state index contributed by atoms with van der Waals surface area (Å²) in [6, 6.07) is 14.9. The smallest absolute Gasteiger partial charge is 0.407 e. The Hall–Kier alpha value is -4.27. The maximum atomic E-state index is 14.0. The molecule has 3 aromatic heterocycles. The first kappa shape index (κ1) is 21.9. The molecule has 1 amide bonds. The minimum absolute atomic E-state index is 0.109. The molecular weight excluding hydrogens is 427 g/mol. The summed E-state index contributed by atoms with van der Waals surface area (Å²) in [4.78, 5) is 33.4. The summed E-state index contributed by atoms with van der Waals surface area (Å²) in [5.74, 6) is -1.13. The molecule has 33 heavy (non-hydrogen) atoms. The lowest BCUT2D eigenvalue weighted by atomic mass is 10.1. The number of esters is 1. The SMILES string of the molecule is COC(=O)c1cccc2nc(C(C)NC(=O)OCc3ccccc3)c(-c3cncc(F)c3)n12. The number of carbonyl (C=O) groups is 2. The van der Waals surface area contributed by atoms with E-state index in [4.69, 9.17) is 9.47 Å². The topological polar surface area (TPSA) is 94.8 Å². The lowest BCUT2D eigenvalue weighted by molar-refractivity contribution is 0.0592. The number of carbonyl (C=O) groups excluding carboxylic acids is 2. The highest BCUT2D eigenvalue weighted by Crippen LogP contribution is 2.31. The maximum Gasteiger partial charge on any atom is 0.407 e. The van der Waals surface area contributed by atoms with E-state index in [0.717, 1.165) is 11.8 Å². The molecule has 0 aliphatic carbocycles. The van der Waals surface area contributed by atoms with E-state index in [1.165, 1.54) is 19.4 Å². The van der Waals surface area contributed by atoms with Crippen LogP contribution in [0.15, 0.2) is 67.0 Å². The molecule has 3 heterocycles. The van der Waals surface area contributed by atoms with Gasteiger partial charge >= 0.3 is 12.1 Å². The minimum Gasteiger partial charge on any atom is -0.464 e. The zero-order valence-corrected chi connectivity index (χ0v) is 18.0. The molecule has 0 spiro atoms. The van der Waals surface area contributed by atoms with Crippen molar-refractivity contribution in [3.05, 3.63) is 89.8 Å². The molecule has 0 bridgehead atoms. The van der Waals surface area contributed by atoms with Crippen molar-refractivity contribution in [1.82, 2.24) is 19.7 Å². The molecule has 0 saturated carbocycles. The molecule has 1 unspecified atom stereocenters. The van der Waals surface area contributed by atoms with Crippen LogP contribution in [-0.2, 0) is 16.1 Å². The molecule has 8 nitrogen and oxygen atoms in total. The van der Waals surface area contributed by atoms with Gasteiger partial charge in [-0.3, -0.25) is 9.38 Å². The van der Waals surface area contributed by atoms with Gasteiger partial charge < -0.3 is 14.8 Å². The van der Waals surface area contributed by atoms with E-state index >= 15 is 0 Å². The predicted octanol–water partition coefficient (Wildman–Crippen LogP) is 4.31. The number of benzene rings is 1. The third kappa shape index (κ3) is 4.67. The molecule has 0 radical (unpaired) electrons. The molecule has 9 heteroatoms. The number of ether oxygens (including phenoxy) is 2. The van der Waals surface area contributed by atoms with Crippen LogP contribution in [0.5, 0.6) is 0 Å². The van der Waals surface area contributed by atoms with E-state index in [1.54, 1.807) is 29.5 Å². The number of amides is 1. The number of hydrogen-bond acceptors (Lipinski definition) is 6. The summed E-state index contributed by atoms with van der Waals surface area (Å²) in [6.07, 6.45) is 1.90. The van der Waals surface area contributed by atoms with Crippen molar-refractivity contribution in [3.63, 3.8) is 0 Å². The standard InChI is InChI=1S/C24H21FN4O4/c1-15(27-24(31)33-14-16-7-4-3-5-8-16)21-22(17-11-18(25)13-26-12-17)29-19(23(30)32-2)9-6-10-20(29)28-21/h3-13,15H,14H2,1-2H3,(H,27,31). The number of hydrogen-bond donors (Lipinski definition) is 1. The predicted molar refractivity (Wildman–Crippen MR) is 118 cm³/mol. The van der Waals surface area contributed by atoms with Gasteiger partial charge in [-0.2, -0.15) is 0 Å². The fourth-order valence-electron chi connectivity index (χ4n) is 3.51. The Morgan fingerprint density at radius 2 is 1.91 bits per heavy atom. The Bertz CT molecular complexity index is 1310. The van der Waals surface area contributed by atoms with E-state index in [2.05, 4.69) is 15.3 Å². The second kappa shape index (κ2) is 9.47. The van der Waals surface area contributed by atoms with Crippen LogP contribution in [0.2, 0.25) is 0 Å². The lowest BCUT2D eigenvalue weighted by Crippen LogP contribution is -2.28. The fourth-order valence-corrected chi connectivity index (χ4v) is 3.51. The number of aromatic nitrogens is 3. The highest BCUT2D eigenvalue weighted by molar-refractivity contribution is 5.89. The van der Waals surface area contributed by atoms with Crippen molar-refractivity contribution < 1.29 is 23.5 Å². The number of imidazole rings is 1. The van der Waals surface area contributed by atoms with Crippen LogP contribution < -0.4 is 5.32 Å². The molecule has 0 aliphatic rings. The molecule has 1 atom stereocenters. The van der Waals surface area contributed by atoms with E-state index in [1.807, 2.05) is 30.3 Å². The quantitative estimate of drug-likeness (QED) is 0.442. The zero-order valence-electron chi connectivity index (χ0n) is 18.0. The van der Waals surface area contributed by atoms with Crippen LogP contribution in [0.1, 0.15) is 34.7 Å². The summed E-state index contributed by atoms with van der Waals surface area (Å²) < 4.78 is 25.8. The van der Waals surface area contributed by atoms with Gasteiger partial charge in [-0.1, -0.05) is 36.4 Å². The largest absolute Gasteiger partial charge is 0.464 e. The molecule has 4 aromatic rings. The summed E-state index contributed by atoms with van der Waals surface area (Å²) in [5.41, 5.74) is 2.69. The van der Waals surface area contributed by atoms with E-state index in [-0.39, 0.29) is 12.3 Å². The lowest BCUT2D eigenvalue weighted by Gasteiger charge is -2.15. The molecular formula is C24H21FN4O4. The van der Waals surface area contributed by atoms with Gasteiger partial charge in [0.25, 0.3) is 0 Å². The second-order valence-corrected chi connectivity index (χ2v) is 7.26. The zero-order chi connectivity index (χ0) is 23.4. The average Bonchev–Trinajstić information content (AvgIpc) is 3.23. The third-order valence-electron chi connectivity index (χ3n) is 5.00. The third-order valence-corrected chi connectivity index (χ3v) is 5.00. The molecule has 0 fully saturated rings. The number of halogens is 1. The van der Waals surface area contributed by atoms with Gasteiger partial charge in [0, 0.05) is 11.8 Å². The summed E-state index contributed by atoms with van der Waals surface area (Å²) in [6.45, 7) is 1.83. The van der Waals surface area contributed by atoms with Crippen molar-refractivity contribution in [1.29, 1.82) is 0 Å². The number of nitrogens with one attached hydrogen (secondary N) is 1. The van der Waals surface area contributed by atoms with Gasteiger partial charge in [0.2, 0.25) is 0 Å². The first-order valence-corrected chi connectivity index (χ1v) is 10.2. The molecule has 1 N–H and O–H groups in total. The first-order chi connectivity index (χ1) is 16.0. The van der Waals surface area contributed by atoms with Crippen molar-refractivity contribution in [2.45, 2.75) is 19.6 Å². The van der Waals surface area contributed by atoms with Crippen molar-refractivity contribution in [2.75, 3.05) is 7.11 Å². The normalized spacial score (nSPS) is 11.7. The summed E-state index contributed by atoms with van der Waals surface area (Å²) in [5, 5.41) is 2.75. The van der Waals surface area contributed by atoms with E-state index < -0.39 is 23.9 Å². The fraction of sp³-hybridized carbons (Fsp3) is 0.167. The van der Waals surface area contributed by atoms with Gasteiger partial charge in [-0.15, -0.1) is 0 Å². The number of nitrogens with zero attached hydrogens (tertiary/aromatic N) is 3. The van der Waals surface area contributed by atoms with E-state index in [9.17, 15) is 14.0 Å². The molecule has 168 valence electrons. The van der Waals surface area contributed by atoms with Crippen LogP contribution in [0.25, 0.3) is 16.9 Å². The van der Waals surface area contributed by atoms with Gasteiger partial charge in [0.1, 0.15) is 23.8 Å². The number of methoxy groups -OCH3 is 1. The Morgan fingerprint density at radius 3 is 2.64 bits per heavy atom. The van der Waals surface area contributed by atoms with Crippen LogP contribution >= 0.6 is 0 Å². The highest BCUT2D eigenvalue weighted by atomic mass is 19.1. The maximum absolute atomic E-state index is 14.0. The monoisotopic (exact) mass is 448 g/mol. The number of rotatable bonds is 6.